The van der Waals surface area contributed by atoms with Crippen molar-refractivity contribution in [1.29, 1.82) is 0 Å². The van der Waals surface area contributed by atoms with Crippen molar-refractivity contribution in [3.05, 3.63) is 0 Å². The maximum Gasteiger partial charge on any atom is 0.309 e. The Balaban J connectivity index is 3.86. The Bertz CT molecular complexity index is 650. The molecule has 0 aliphatic rings. The number of ether oxygens (including phenoxy) is 2. The van der Waals surface area contributed by atoms with E-state index in [4.69, 9.17) is 18.9 Å². The van der Waals surface area contributed by atoms with Gasteiger partial charge in [0.15, 0.2) is 0 Å². The molecule has 8 nitrogen and oxygen atoms in total. The SMILES string of the molecule is CCCCCCCCCCCCCCCCCCC(CCC)C(=O)OCCOCCC(C[N+](C)(C)C)OP(=O)([O-])O. The van der Waals surface area contributed by atoms with Crippen molar-refractivity contribution in [2.24, 2.45) is 5.92 Å². The number of phosphoric ester groups is 1. The fourth-order valence-electron chi connectivity index (χ4n) is 5.28. The van der Waals surface area contributed by atoms with Gasteiger partial charge >= 0.3 is 5.97 Å². The molecule has 41 heavy (non-hydrogen) atoms. The quantitative estimate of drug-likeness (QED) is 0.0389. The third-order valence-electron chi connectivity index (χ3n) is 7.47. The molecule has 3 unspecified atom stereocenters. The van der Waals surface area contributed by atoms with Crippen LogP contribution in [0.4, 0.5) is 0 Å². The average molecular weight is 608 g/mol. The molecule has 246 valence electrons. The van der Waals surface area contributed by atoms with Crippen molar-refractivity contribution < 1.29 is 37.6 Å². The molecule has 0 saturated carbocycles. The lowest BCUT2D eigenvalue weighted by Gasteiger charge is -2.31. The van der Waals surface area contributed by atoms with E-state index >= 15 is 0 Å². The summed E-state index contributed by atoms with van der Waals surface area (Å²) in [6.45, 7) is 5.45. The number of esters is 1. The smallest absolute Gasteiger partial charge is 0.309 e. The first-order chi connectivity index (χ1) is 19.5. The summed E-state index contributed by atoms with van der Waals surface area (Å²) in [6, 6.07) is 0. The molecule has 0 saturated heterocycles. The Morgan fingerprint density at radius 2 is 1.20 bits per heavy atom. The van der Waals surface area contributed by atoms with Crippen molar-refractivity contribution in [2.45, 2.75) is 148 Å². The molecule has 0 aliphatic heterocycles. The molecule has 9 heteroatoms. The lowest BCUT2D eigenvalue weighted by Crippen LogP contribution is -2.42. The maximum absolute atomic E-state index is 12.6. The number of unbranched alkanes of at least 4 members (excludes halogenated alkanes) is 15. The zero-order chi connectivity index (χ0) is 30.8. The summed E-state index contributed by atoms with van der Waals surface area (Å²) in [5, 5.41) is 0. The van der Waals surface area contributed by atoms with Gasteiger partial charge in [0, 0.05) is 13.0 Å². The monoisotopic (exact) mass is 607 g/mol. The molecular weight excluding hydrogens is 541 g/mol. The fourth-order valence-corrected chi connectivity index (χ4v) is 5.83. The number of carbonyl (C=O) groups excluding carboxylic acids is 1. The zero-order valence-electron chi connectivity index (χ0n) is 27.4. The van der Waals surface area contributed by atoms with Crippen molar-refractivity contribution in [3.63, 3.8) is 0 Å². The van der Waals surface area contributed by atoms with Gasteiger partial charge in [-0.25, -0.2) is 0 Å². The number of hydrogen-bond donors (Lipinski definition) is 1. The second kappa shape index (κ2) is 25.9. The fraction of sp³-hybridized carbons (Fsp3) is 0.969. The highest BCUT2D eigenvalue weighted by molar-refractivity contribution is 7.44. The number of likely N-dealkylation sites (N-methyl/N-ethyl adjacent to an activating group) is 1. The van der Waals surface area contributed by atoms with Gasteiger partial charge < -0.3 is 28.3 Å². The average Bonchev–Trinajstić information content (AvgIpc) is 2.87. The van der Waals surface area contributed by atoms with Gasteiger partial charge in [0.25, 0.3) is 7.82 Å². The Hall–Kier alpha value is -0.500. The summed E-state index contributed by atoms with van der Waals surface area (Å²) in [4.78, 5) is 32.8. The van der Waals surface area contributed by atoms with E-state index in [1.807, 2.05) is 21.1 Å². The second-order valence-corrected chi connectivity index (χ2v) is 14.0. The van der Waals surface area contributed by atoms with E-state index < -0.39 is 13.9 Å². The minimum absolute atomic E-state index is 0.0512. The second-order valence-electron chi connectivity index (χ2n) is 12.8. The van der Waals surface area contributed by atoms with E-state index in [-0.39, 0.29) is 31.7 Å². The van der Waals surface area contributed by atoms with E-state index in [0.29, 0.717) is 17.4 Å². The van der Waals surface area contributed by atoms with Crippen LogP contribution in [0, 0.1) is 5.92 Å². The number of rotatable bonds is 30. The third-order valence-corrected chi connectivity index (χ3v) is 8.03. The van der Waals surface area contributed by atoms with Gasteiger partial charge in [0.2, 0.25) is 0 Å². The van der Waals surface area contributed by atoms with Crippen LogP contribution in [0.3, 0.4) is 0 Å². The highest BCUT2D eigenvalue weighted by Gasteiger charge is 2.23. The van der Waals surface area contributed by atoms with Gasteiger partial charge in [-0.05, 0) is 12.8 Å². The first-order valence-electron chi connectivity index (χ1n) is 16.8. The van der Waals surface area contributed by atoms with Crippen molar-refractivity contribution in [3.8, 4) is 0 Å². The van der Waals surface area contributed by atoms with Crippen molar-refractivity contribution in [2.75, 3.05) is 47.5 Å². The largest absolute Gasteiger partial charge is 0.756 e. The van der Waals surface area contributed by atoms with E-state index in [9.17, 15) is 14.3 Å². The van der Waals surface area contributed by atoms with Gasteiger partial charge in [-0.2, -0.15) is 0 Å². The van der Waals surface area contributed by atoms with Gasteiger partial charge in [-0.3, -0.25) is 9.36 Å². The zero-order valence-corrected chi connectivity index (χ0v) is 28.3. The number of carbonyl (C=O) groups is 1. The number of quaternary nitrogens is 1. The van der Waals surface area contributed by atoms with Crippen LogP contribution in [0.2, 0.25) is 0 Å². The predicted molar refractivity (Wildman–Crippen MR) is 167 cm³/mol. The molecule has 0 fully saturated rings. The third kappa shape index (κ3) is 29.4. The molecule has 0 bridgehead atoms. The molecule has 0 aromatic rings. The van der Waals surface area contributed by atoms with Crippen molar-refractivity contribution in [1.82, 2.24) is 0 Å². The first-order valence-corrected chi connectivity index (χ1v) is 18.2. The van der Waals surface area contributed by atoms with Gasteiger partial charge in [-0.15, -0.1) is 0 Å². The Kier molecular flexibility index (Phi) is 25.6. The summed E-state index contributed by atoms with van der Waals surface area (Å²) >= 11 is 0. The van der Waals surface area contributed by atoms with E-state index in [1.54, 1.807) is 0 Å². The van der Waals surface area contributed by atoms with Crippen LogP contribution < -0.4 is 4.89 Å². The molecule has 0 spiro atoms. The summed E-state index contributed by atoms with van der Waals surface area (Å²) < 4.78 is 27.4. The number of nitrogens with zero attached hydrogens (tertiary/aromatic N) is 1. The summed E-state index contributed by atoms with van der Waals surface area (Å²) in [5.41, 5.74) is 0. The van der Waals surface area contributed by atoms with Crippen LogP contribution in [-0.2, 0) is 23.4 Å². The summed E-state index contributed by atoms with van der Waals surface area (Å²) in [7, 11) is 0.925. The molecule has 0 aromatic carbocycles. The first kappa shape index (κ1) is 40.5. The molecule has 3 atom stereocenters. The van der Waals surface area contributed by atoms with Crippen LogP contribution in [0.5, 0.6) is 0 Å². The highest BCUT2D eigenvalue weighted by Crippen LogP contribution is 2.33. The molecule has 0 amide bonds. The van der Waals surface area contributed by atoms with Crippen molar-refractivity contribution >= 4 is 13.8 Å². The number of phosphoric acid groups is 1. The minimum Gasteiger partial charge on any atom is -0.756 e. The van der Waals surface area contributed by atoms with E-state index in [1.165, 1.54) is 96.3 Å². The molecule has 0 aliphatic carbocycles. The molecule has 0 radical (unpaired) electrons. The molecule has 0 rings (SSSR count). The molecule has 0 heterocycles. The lowest BCUT2D eigenvalue weighted by atomic mass is 9.96. The number of hydrogen-bond acceptors (Lipinski definition) is 6. The van der Waals surface area contributed by atoms with Gasteiger partial charge in [0.05, 0.1) is 33.7 Å². The van der Waals surface area contributed by atoms with Crippen LogP contribution in [0.15, 0.2) is 0 Å². The van der Waals surface area contributed by atoms with Crippen LogP contribution in [0.25, 0.3) is 0 Å². The summed E-state index contributed by atoms with van der Waals surface area (Å²) in [6.07, 6.45) is 23.8. The molecular formula is C32H66NO7P. The normalized spacial score (nSPS) is 15.0. The van der Waals surface area contributed by atoms with Gasteiger partial charge in [-0.1, -0.05) is 123 Å². The van der Waals surface area contributed by atoms with E-state index in [0.717, 1.165) is 25.7 Å². The molecule has 1 N–H and O–H groups in total. The summed E-state index contributed by atoms with van der Waals surface area (Å²) in [5.74, 6) is -0.194. The molecule has 0 aromatic heterocycles. The Morgan fingerprint density at radius 1 is 0.707 bits per heavy atom. The maximum atomic E-state index is 12.6. The van der Waals surface area contributed by atoms with Crippen LogP contribution >= 0.6 is 7.82 Å². The Labute approximate surface area is 253 Å². The van der Waals surface area contributed by atoms with Gasteiger partial charge in [0.1, 0.15) is 19.3 Å². The highest BCUT2D eigenvalue weighted by atomic mass is 31.2. The van der Waals surface area contributed by atoms with Crippen LogP contribution in [-0.4, -0.2) is 69.0 Å². The van der Waals surface area contributed by atoms with Crippen LogP contribution in [0.1, 0.15) is 142 Å². The lowest BCUT2D eigenvalue weighted by molar-refractivity contribution is -0.873. The Morgan fingerprint density at radius 3 is 1.63 bits per heavy atom. The topological polar surface area (TPSA) is 105 Å². The minimum atomic E-state index is -4.81. The van der Waals surface area contributed by atoms with E-state index in [2.05, 4.69) is 13.8 Å². The predicted octanol–water partition coefficient (Wildman–Crippen LogP) is 7.56. The standard InChI is InChI=1S/C32H66NO7P/c1-6-8-9-10-11-12-13-14-15-16-17-18-19-20-21-22-24-30(23-7-2)32(34)39-28-27-38-26-25-31(29-33(3,4)5)40-41(35,36)37/h30-31H,6-29H2,1-5H3,(H-,35,36,37).